The van der Waals surface area contributed by atoms with Crippen molar-refractivity contribution in [3.05, 3.63) is 133 Å². The van der Waals surface area contributed by atoms with E-state index in [1.165, 1.54) is 33.7 Å². The first-order chi connectivity index (χ1) is 14.8. The summed E-state index contributed by atoms with van der Waals surface area (Å²) in [6.07, 6.45) is 0. The molecule has 0 amide bonds. The number of aryl methyl sites for hydroxylation is 1. The summed E-state index contributed by atoms with van der Waals surface area (Å²) >= 11 is -3.15. The van der Waals surface area contributed by atoms with E-state index in [2.05, 4.69) is 134 Å². The SMILES string of the molecule is Cc1ccc2cc([AsH](c3ccccc3)(c3ccccc3)c3ccccc3)ccc2c1. The van der Waals surface area contributed by atoms with Crippen molar-refractivity contribution in [2.45, 2.75) is 6.92 Å². The molecule has 1 heteroatoms. The average molecular weight is 448 g/mol. The Bertz CT molecular complexity index is 1180. The van der Waals surface area contributed by atoms with E-state index in [0.717, 1.165) is 0 Å². The fraction of sp³-hybridized carbons (Fsp3) is 0.0345. The third-order valence-electron chi connectivity index (χ3n) is 6.05. The fourth-order valence-electron chi connectivity index (χ4n) is 4.66. The molecule has 0 saturated carbocycles. The van der Waals surface area contributed by atoms with E-state index < -0.39 is 13.6 Å². The Kier molecular flexibility index (Phi) is 5.03. The molecule has 0 fully saturated rings. The van der Waals surface area contributed by atoms with E-state index in [0.29, 0.717) is 0 Å². The van der Waals surface area contributed by atoms with Crippen molar-refractivity contribution in [3.8, 4) is 0 Å². The third kappa shape index (κ3) is 3.18. The molecule has 0 saturated heterocycles. The van der Waals surface area contributed by atoms with Crippen LogP contribution in [0.5, 0.6) is 0 Å². The van der Waals surface area contributed by atoms with Gasteiger partial charge in [-0.1, -0.05) is 0 Å². The van der Waals surface area contributed by atoms with Crippen LogP contribution in [0.25, 0.3) is 10.8 Å². The van der Waals surface area contributed by atoms with E-state index in [1.54, 1.807) is 0 Å². The first-order valence-electron chi connectivity index (χ1n) is 10.5. The Morgan fingerprint density at radius 3 is 1.33 bits per heavy atom. The first-order valence-corrected chi connectivity index (χ1v) is 14.7. The van der Waals surface area contributed by atoms with Crippen molar-refractivity contribution in [1.82, 2.24) is 0 Å². The standard InChI is InChI=1S/C29H25As/c1-23-17-18-25-22-29(20-19-24(25)21-23)30(26-11-5-2-6-12-26,27-13-7-3-8-14-27)28-15-9-4-10-16-28/h2-22,30H,1H3. The van der Waals surface area contributed by atoms with Crippen LogP contribution in [0.15, 0.2) is 127 Å². The minimum atomic E-state index is -3.15. The molecule has 5 rings (SSSR count). The van der Waals surface area contributed by atoms with Crippen LogP contribution >= 0.6 is 0 Å². The second-order valence-corrected chi connectivity index (χ2v) is 15.9. The average Bonchev–Trinajstić information content (AvgIpc) is 2.82. The second kappa shape index (κ2) is 7.98. The number of benzene rings is 5. The van der Waals surface area contributed by atoms with E-state index in [9.17, 15) is 0 Å². The zero-order valence-electron chi connectivity index (χ0n) is 17.1. The summed E-state index contributed by atoms with van der Waals surface area (Å²) in [6, 6.07) is 47.4. The van der Waals surface area contributed by atoms with Gasteiger partial charge in [0, 0.05) is 0 Å². The van der Waals surface area contributed by atoms with Crippen molar-refractivity contribution >= 4 is 41.7 Å². The van der Waals surface area contributed by atoms with Crippen LogP contribution < -0.4 is 17.4 Å². The molecule has 0 spiro atoms. The molecular formula is C29H25As. The molecule has 0 bridgehead atoms. The maximum absolute atomic E-state index is 3.15. The van der Waals surface area contributed by atoms with Crippen LogP contribution in [0.4, 0.5) is 0 Å². The van der Waals surface area contributed by atoms with Gasteiger partial charge in [-0.15, -0.1) is 0 Å². The zero-order valence-corrected chi connectivity index (χ0v) is 19.2. The summed E-state index contributed by atoms with van der Waals surface area (Å²) in [5, 5.41) is 2.63. The summed E-state index contributed by atoms with van der Waals surface area (Å²) in [4.78, 5) is 0. The Hall–Kier alpha value is -3.08. The summed E-state index contributed by atoms with van der Waals surface area (Å²) < 4.78 is 5.85. The van der Waals surface area contributed by atoms with Crippen molar-refractivity contribution in [3.63, 3.8) is 0 Å². The number of hydrogen-bond acceptors (Lipinski definition) is 0. The van der Waals surface area contributed by atoms with Crippen molar-refractivity contribution < 1.29 is 0 Å². The van der Waals surface area contributed by atoms with Gasteiger partial charge in [0.15, 0.2) is 0 Å². The normalized spacial score (nSPS) is 12.0. The minimum absolute atomic E-state index is 1.30. The molecule has 0 N–H and O–H groups in total. The van der Waals surface area contributed by atoms with E-state index in [1.807, 2.05) is 0 Å². The van der Waals surface area contributed by atoms with Gasteiger partial charge in [0.1, 0.15) is 0 Å². The maximum atomic E-state index is 2.45. The molecule has 5 aromatic carbocycles. The molecule has 0 aliphatic rings. The van der Waals surface area contributed by atoms with Gasteiger partial charge in [-0.3, -0.25) is 0 Å². The number of fused-ring (bicyclic) bond motifs is 1. The Morgan fingerprint density at radius 1 is 0.400 bits per heavy atom. The molecule has 146 valence electrons. The Labute approximate surface area is 181 Å². The number of rotatable bonds is 4. The van der Waals surface area contributed by atoms with Gasteiger partial charge in [0.05, 0.1) is 0 Å². The predicted molar refractivity (Wildman–Crippen MR) is 134 cm³/mol. The van der Waals surface area contributed by atoms with E-state index >= 15 is 0 Å². The molecule has 0 atom stereocenters. The van der Waals surface area contributed by atoms with E-state index in [4.69, 9.17) is 0 Å². The van der Waals surface area contributed by atoms with Gasteiger partial charge in [-0.2, -0.15) is 0 Å². The monoisotopic (exact) mass is 448 g/mol. The van der Waals surface area contributed by atoms with Gasteiger partial charge in [-0.05, 0) is 0 Å². The van der Waals surface area contributed by atoms with Crippen molar-refractivity contribution in [2.24, 2.45) is 0 Å². The number of hydrogen-bond donors (Lipinski definition) is 0. The molecule has 0 aliphatic carbocycles. The summed E-state index contributed by atoms with van der Waals surface area (Å²) in [6.45, 7) is 2.16. The molecule has 0 radical (unpaired) electrons. The molecule has 30 heavy (non-hydrogen) atoms. The third-order valence-corrected chi connectivity index (χ3v) is 16.1. The van der Waals surface area contributed by atoms with Gasteiger partial charge in [0.25, 0.3) is 0 Å². The molecule has 0 nitrogen and oxygen atoms in total. The molecule has 0 heterocycles. The van der Waals surface area contributed by atoms with Crippen LogP contribution in [-0.2, 0) is 0 Å². The van der Waals surface area contributed by atoms with Gasteiger partial charge < -0.3 is 0 Å². The van der Waals surface area contributed by atoms with Crippen molar-refractivity contribution in [1.29, 1.82) is 0 Å². The van der Waals surface area contributed by atoms with Crippen LogP contribution in [-0.4, -0.2) is 13.6 Å². The summed E-state index contributed by atoms with van der Waals surface area (Å²) in [5.41, 5.74) is 1.30. The molecule has 0 aliphatic heterocycles. The zero-order chi connectivity index (χ0) is 20.4. The molecule has 0 aromatic heterocycles. The van der Waals surface area contributed by atoms with Crippen LogP contribution in [0.1, 0.15) is 5.56 Å². The quantitative estimate of drug-likeness (QED) is 0.361. The van der Waals surface area contributed by atoms with Crippen LogP contribution in [0.2, 0.25) is 0 Å². The van der Waals surface area contributed by atoms with Crippen LogP contribution in [0, 0.1) is 6.92 Å². The molecule has 5 aromatic rings. The van der Waals surface area contributed by atoms with Gasteiger partial charge in [-0.25, -0.2) is 0 Å². The first kappa shape index (κ1) is 18.9. The van der Waals surface area contributed by atoms with Crippen LogP contribution in [0.3, 0.4) is 0 Å². The molecule has 0 unspecified atom stereocenters. The van der Waals surface area contributed by atoms with Gasteiger partial charge >= 0.3 is 182 Å². The fourth-order valence-corrected chi connectivity index (χ4v) is 14.7. The predicted octanol–water partition coefficient (Wildman–Crippen LogP) is 4.26. The topological polar surface area (TPSA) is 0 Å². The second-order valence-electron chi connectivity index (χ2n) is 7.91. The molecular weight excluding hydrogens is 423 g/mol. The Morgan fingerprint density at radius 2 is 0.833 bits per heavy atom. The Balaban J connectivity index is 1.90. The summed E-state index contributed by atoms with van der Waals surface area (Å²) in [5.74, 6) is 0. The van der Waals surface area contributed by atoms with Crippen molar-refractivity contribution in [2.75, 3.05) is 0 Å². The van der Waals surface area contributed by atoms with E-state index in [-0.39, 0.29) is 0 Å². The summed E-state index contributed by atoms with van der Waals surface area (Å²) in [7, 11) is 0. The van der Waals surface area contributed by atoms with Gasteiger partial charge in [0.2, 0.25) is 0 Å².